The third-order valence-electron chi connectivity index (χ3n) is 4.85. The lowest BCUT2D eigenvalue weighted by atomic mass is 10.1. The number of hydrogen-bond acceptors (Lipinski definition) is 7. The van der Waals surface area contributed by atoms with Crippen molar-refractivity contribution in [2.24, 2.45) is 0 Å². The third-order valence-corrected chi connectivity index (χ3v) is 6.63. The number of aryl methyl sites for hydroxylation is 1. The van der Waals surface area contributed by atoms with Gasteiger partial charge in [0.2, 0.25) is 10.9 Å². The predicted octanol–water partition coefficient (Wildman–Crippen LogP) is 2.08. The molecular formula is C16H20N2O6S. The van der Waals surface area contributed by atoms with E-state index >= 15 is 0 Å². The summed E-state index contributed by atoms with van der Waals surface area (Å²) in [6.07, 6.45) is 1.03. The minimum absolute atomic E-state index is 0.0971. The molecule has 2 aliphatic rings. The van der Waals surface area contributed by atoms with Crippen LogP contribution in [-0.4, -0.2) is 50.0 Å². The minimum atomic E-state index is -3.71. The average Bonchev–Trinajstić information content (AvgIpc) is 3.31. The second-order valence-electron chi connectivity index (χ2n) is 6.35. The molecule has 0 amide bonds. The van der Waals surface area contributed by atoms with Crippen molar-refractivity contribution in [1.82, 2.24) is 9.46 Å². The first-order chi connectivity index (χ1) is 11.9. The molecule has 4 rings (SSSR count). The first kappa shape index (κ1) is 16.8. The topological polar surface area (TPSA) is 95.0 Å². The molecule has 0 unspecified atom stereocenters. The third kappa shape index (κ3) is 2.80. The van der Waals surface area contributed by atoms with Crippen LogP contribution in [0.3, 0.4) is 0 Å². The summed E-state index contributed by atoms with van der Waals surface area (Å²) in [5.74, 6) is 0.186. The number of rotatable bonds is 3. The zero-order valence-corrected chi connectivity index (χ0v) is 15.0. The van der Waals surface area contributed by atoms with E-state index in [2.05, 4.69) is 5.16 Å². The van der Waals surface area contributed by atoms with Gasteiger partial charge in [0.25, 0.3) is 10.0 Å². The Morgan fingerprint density at radius 3 is 2.40 bits per heavy atom. The van der Waals surface area contributed by atoms with E-state index in [1.807, 2.05) is 13.8 Å². The summed E-state index contributed by atoms with van der Waals surface area (Å²) in [5, 5.41) is 3.77. The number of aromatic nitrogens is 1. The van der Waals surface area contributed by atoms with Crippen LogP contribution < -0.4 is 0 Å². The molecule has 2 aliphatic heterocycles. The van der Waals surface area contributed by atoms with Crippen molar-refractivity contribution in [3.8, 4) is 11.5 Å². The average molecular weight is 368 g/mol. The van der Waals surface area contributed by atoms with Crippen molar-refractivity contribution in [3.63, 3.8) is 0 Å². The van der Waals surface area contributed by atoms with E-state index in [9.17, 15) is 8.42 Å². The van der Waals surface area contributed by atoms with Crippen LogP contribution in [0.15, 0.2) is 26.2 Å². The first-order valence-corrected chi connectivity index (χ1v) is 9.66. The van der Waals surface area contributed by atoms with Crippen LogP contribution in [-0.2, 0) is 19.5 Å². The van der Waals surface area contributed by atoms with Crippen LogP contribution in [0.2, 0.25) is 0 Å². The van der Waals surface area contributed by atoms with E-state index in [0.717, 1.165) is 11.3 Å². The number of sulfonamides is 1. The van der Waals surface area contributed by atoms with Crippen molar-refractivity contribution < 1.29 is 26.8 Å². The minimum Gasteiger partial charge on any atom is -0.440 e. The lowest BCUT2D eigenvalue weighted by Gasteiger charge is -2.36. The van der Waals surface area contributed by atoms with E-state index in [-0.39, 0.29) is 5.09 Å². The second-order valence-corrected chi connectivity index (χ2v) is 8.22. The Labute approximate surface area is 145 Å². The maximum atomic E-state index is 12.8. The van der Waals surface area contributed by atoms with Gasteiger partial charge in [-0.2, -0.15) is 4.31 Å². The monoisotopic (exact) mass is 368 g/mol. The Morgan fingerprint density at radius 2 is 1.80 bits per heavy atom. The summed E-state index contributed by atoms with van der Waals surface area (Å²) in [6.45, 7) is 5.45. The molecule has 136 valence electrons. The molecule has 9 heteroatoms. The van der Waals surface area contributed by atoms with Crippen LogP contribution >= 0.6 is 0 Å². The Balaban J connectivity index is 1.54. The van der Waals surface area contributed by atoms with E-state index in [0.29, 0.717) is 50.7 Å². The molecule has 0 radical (unpaired) electrons. The van der Waals surface area contributed by atoms with Gasteiger partial charge < -0.3 is 18.4 Å². The summed E-state index contributed by atoms with van der Waals surface area (Å²) >= 11 is 0. The fraction of sp³-hybridized carbons (Fsp3) is 0.562. The molecule has 2 aromatic heterocycles. The molecule has 0 atom stereocenters. The molecule has 2 aromatic rings. The highest BCUT2D eigenvalue weighted by atomic mass is 32.2. The zero-order chi connectivity index (χ0) is 17.7. The largest absolute Gasteiger partial charge is 0.440 e. The van der Waals surface area contributed by atoms with E-state index < -0.39 is 15.8 Å². The standard InChI is InChI=1S/C16H20N2O6S/c1-11-12(2)17-24-15(11)13-3-4-14(23-13)25(19,20)18-7-5-16(6-8-18)21-9-10-22-16/h3-4H,5-10H2,1-2H3. The molecule has 2 fully saturated rings. The Bertz CT molecular complexity index is 868. The quantitative estimate of drug-likeness (QED) is 0.818. The van der Waals surface area contributed by atoms with Gasteiger partial charge in [-0.05, 0) is 26.0 Å². The van der Waals surface area contributed by atoms with Crippen molar-refractivity contribution in [2.45, 2.75) is 37.6 Å². The Hall–Kier alpha value is -1.68. The SMILES string of the molecule is Cc1noc(-c2ccc(S(=O)(=O)N3CCC4(CC3)OCCO4)o2)c1C. The number of furan rings is 1. The van der Waals surface area contributed by atoms with Gasteiger partial charge in [0.1, 0.15) is 0 Å². The van der Waals surface area contributed by atoms with Gasteiger partial charge in [-0.1, -0.05) is 5.16 Å². The van der Waals surface area contributed by atoms with E-state index in [1.54, 1.807) is 6.07 Å². The highest BCUT2D eigenvalue weighted by Gasteiger charge is 2.43. The van der Waals surface area contributed by atoms with Gasteiger partial charge in [-0.25, -0.2) is 8.42 Å². The molecule has 0 saturated carbocycles. The summed E-state index contributed by atoms with van der Waals surface area (Å²) in [5.41, 5.74) is 1.57. The molecule has 2 saturated heterocycles. The van der Waals surface area contributed by atoms with Gasteiger partial charge in [-0.15, -0.1) is 0 Å². The van der Waals surface area contributed by atoms with Crippen LogP contribution in [0.4, 0.5) is 0 Å². The lowest BCUT2D eigenvalue weighted by molar-refractivity contribution is -0.179. The highest BCUT2D eigenvalue weighted by Crippen LogP contribution is 2.35. The molecule has 0 bridgehead atoms. The Kier molecular flexibility index (Phi) is 3.99. The van der Waals surface area contributed by atoms with Crippen LogP contribution in [0.25, 0.3) is 11.5 Å². The first-order valence-electron chi connectivity index (χ1n) is 8.22. The van der Waals surface area contributed by atoms with Gasteiger partial charge >= 0.3 is 0 Å². The van der Waals surface area contributed by atoms with Gasteiger partial charge in [0.05, 0.1) is 18.9 Å². The van der Waals surface area contributed by atoms with Crippen molar-refractivity contribution in [3.05, 3.63) is 23.4 Å². The molecule has 4 heterocycles. The molecular weight excluding hydrogens is 348 g/mol. The molecule has 0 aromatic carbocycles. The summed E-state index contributed by atoms with van der Waals surface area (Å²) in [4.78, 5) is 0. The molecule has 0 aliphatic carbocycles. The van der Waals surface area contributed by atoms with Gasteiger partial charge in [0.15, 0.2) is 11.5 Å². The number of piperidine rings is 1. The second kappa shape index (κ2) is 5.94. The molecule has 25 heavy (non-hydrogen) atoms. The maximum Gasteiger partial charge on any atom is 0.276 e. The molecule has 8 nitrogen and oxygen atoms in total. The maximum absolute atomic E-state index is 12.8. The number of hydrogen-bond donors (Lipinski definition) is 0. The van der Waals surface area contributed by atoms with E-state index in [1.165, 1.54) is 10.4 Å². The van der Waals surface area contributed by atoms with Crippen molar-refractivity contribution >= 4 is 10.0 Å². The molecule has 1 spiro atoms. The number of nitrogens with zero attached hydrogens (tertiary/aromatic N) is 2. The Morgan fingerprint density at radius 1 is 1.12 bits per heavy atom. The van der Waals surface area contributed by atoms with Crippen molar-refractivity contribution in [2.75, 3.05) is 26.3 Å². The smallest absolute Gasteiger partial charge is 0.276 e. The van der Waals surface area contributed by atoms with Crippen LogP contribution in [0, 0.1) is 13.8 Å². The number of ether oxygens (including phenoxy) is 2. The normalized spacial score (nSPS) is 21.2. The molecule has 0 N–H and O–H groups in total. The predicted molar refractivity (Wildman–Crippen MR) is 86.3 cm³/mol. The summed E-state index contributed by atoms with van der Waals surface area (Å²) in [6, 6.07) is 3.05. The fourth-order valence-corrected chi connectivity index (χ4v) is 4.56. The highest BCUT2D eigenvalue weighted by molar-refractivity contribution is 7.89. The van der Waals surface area contributed by atoms with Crippen LogP contribution in [0.1, 0.15) is 24.1 Å². The van der Waals surface area contributed by atoms with Gasteiger partial charge in [-0.3, -0.25) is 0 Å². The van der Waals surface area contributed by atoms with Gasteiger partial charge in [0, 0.05) is 31.5 Å². The zero-order valence-electron chi connectivity index (χ0n) is 14.1. The van der Waals surface area contributed by atoms with Crippen molar-refractivity contribution in [1.29, 1.82) is 0 Å². The summed E-state index contributed by atoms with van der Waals surface area (Å²) < 4.78 is 49.1. The summed E-state index contributed by atoms with van der Waals surface area (Å²) in [7, 11) is -3.71. The van der Waals surface area contributed by atoms with E-state index in [4.69, 9.17) is 18.4 Å². The fourth-order valence-electron chi connectivity index (χ4n) is 3.21. The van der Waals surface area contributed by atoms with Crippen LogP contribution in [0.5, 0.6) is 0 Å². The lowest BCUT2D eigenvalue weighted by Crippen LogP contribution is -2.47.